The first-order chi connectivity index (χ1) is 15.9. The van der Waals surface area contributed by atoms with Crippen LogP contribution in [0.2, 0.25) is 0 Å². The summed E-state index contributed by atoms with van der Waals surface area (Å²) in [6, 6.07) is 30.5. The molecule has 5 nitrogen and oxygen atoms in total. The van der Waals surface area contributed by atoms with E-state index in [0.29, 0.717) is 16.9 Å². The summed E-state index contributed by atoms with van der Waals surface area (Å²) in [6.07, 6.45) is 0. The number of hydrogen-bond acceptors (Lipinski definition) is 4. The van der Waals surface area contributed by atoms with E-state index in [9.17, 15) is 13.2 Å². The van der Waals surface area contributed by atoms with E-state index in [-0.39, 0.29) is 10.8 Å². The van der Waals surface area contributed by atoms with Gasteiger partial charge in [-0.3, -0.25) is 9.52 Å². The normalized spacial score (nSPS) is 11.1. The van der Waals surface area contributed by atoms with Gasteiger partial charge in [0.1, 0.15) is 0 Å². The number of amides is 1. The van der Waals surface area contributed by atoms with Gasteiger partial charge >= 0.3 is 0 Å². The van der Waals surface area contributed by atoms with E-state index in [1.54, 1.807) is 54.2 Å². The second kappa shape index (κ2) is 9.94. The number of rotatable bonds is 7. The van der Waals surface area contributed by atoms with Crippen LogP contribution in [0, 0.1) is 6.92 Å². The summed E-state index contributed by atoms with van der Waals surface area (Å²) in [6.45, 7) is 1.89. The van der Waals surface area contributed by atoms with Crippen LogP contribution in [0.3, 0.4) is 0 Å². The Balaban J connectivity index is 1.51. The number of nitrogens with one attached hydrogen (secondary N) is 2. The Morgan fingerprint density at radius 3 is 2.24 bits per heavy atom. The van der Waals surface area contributed by atoms with Gasteiger partial charge in [-0.25, -0.2) is 8.42 Å². The van der Waals surface area contributed by atoms with Crippen molar-refractivity contribution in [1.82, 2.24) is 0 Å². The third kappa shape index (κ3) is 5.83. The number of hydrogen-bond donors (Lipinski definition) is 2. The van der Waals surface area contributed by atoms with Gasteiger partial charge in [0.2, 0.25) is 0 Å². The van der Waals surface area contributed by atoms with Gasteiger partial charge in [0.05, 0.1) is 10.6 Å². The largest absolute Gasteiger partial charge is 0.321 e. The quantitative estimate of drug-likeness (QED) is 0.334. The Bertz CT molecular complexity index is 1370. The summed E-state index contributed by atoms with van der Waals surface area (Å²) in [4.78, 5) is 15.1. The average molecular weight is 475 g/mol. The lowest BCUT2D eigenvalue weighted by molar-refractivity contribution is 0.102. The van der Waals surface area contributed by atoms with Crippen LogP contribution in [0.1, 0.15) is 15.9 Å². The minimum absolute atomic E-state index is 0.162. The molecular formula is C26H22N2O3S2. The number of sulfonamides is 1. The standard InChI is InChI=1S/C26H22N2O3S2/c1-19-14-16-23(17-15-19)33(30,31)28-21-9-7-8-20(18-21)26(29)27-24-12-5-6-13-25(24)32-22-10-3-2-4-11-22/h2-18,28H,1H3,(H,27,29). The maximum Gasteiger partial charge on any atom is 0.261 e. The number of carbonyl (C=O) groups is 1. The predicted octanol–water partition coefficient (Wildman–Crippen LogP) is 6.20. The van der Waals surface area contributed by atoms with Crippen LogP contribution in [0.4, 0.5) is 11.4 Å². The average Bonchev–Trinajstić information content (AvgIpc) is 2.81. The molecule has 166 valence electrons. The maximum atomic E-state index is 12.9. The maximum absolute atomic E-state index is 12.9. The molecule has 33 heavy (non-hydrogen) atoms. The van der Waals surface area contributed by atoms with Crippen LogP contribution in [0.15, 0.2) is 118 Å². The first-order valence-electron chi connectivity index (χ1n) is 10.2. The molecule has 0 saturated carbocycles. The van der Waals surface area contributed by atoms with E-state index in [4.69, 9.17) is 0 Å². The number of benzene rings is 4. The van der Waals surface area contributed by atoms with E-state index < -0.39 is 10.0 Å². The topological polar surface area (TPSA) is 75.3 Å². The van der Waals surface area contributed by atoms with Crippen molar-refractivity contribution in [2.45, 2.75) is 21.6 Å². The summed E-state index contributed by atoms with van der Waals surface area (Å²) in [5, 5.41) is 2.94. The predicted molar refractivity (Wildman–Crippen MR) is 133 cm³/mol. The highest BCUT2D eigenvalue weighted by Crippen LogP contribution is 2.33. The van der Waals surface area contributed by atoms with Crippen LogP contribution in [0.5, 0.6) is 0 Å². The zero-order valence-corrected chi connectivity index (χ0v) is 19.5. The molecule has 0 aliphatic heterocycles. The first-order valence-corrected chi connectivity index (χ1v) is 12.5. The number of para-hydroxylation sites is 1. The third-order valence-electron chi connectivity index (χ3n) is 4.81. The number of carbonyl (C=O) groups excluding carboxylic acids is 1. The first kappa shape index (κ1) is 22.6. The van der Waals surface area contributed by atoms with Crippen molar-refractivity contribution >= 4 is 39.1 Å². The Morgan fingerprint density at radius 1 is 0.788 bits per heavy atom. The van der Waals surface area contributed by atoms with E-state index in [1.807, 2.05) is 61.5 Å². The molecule has 0 radical (unpaired) electrons. The molecule has 4 aromatic carbocycles. The van der Waals surface area contributed by atoms with Crippen LogP contribution in [-0.2, 0) is 10.0 Å². The molecule has 4 rings (SSSR count). The van der Waals surface area contributed by atoms with Crippen molar-refractivity contribution in [2.24, 2.45) is 0 Å². The summed E-state index contributed by atoms with van der Waals surface area (Å²) < 4.78 is 27.9. The third-order valence-corrected chi connectivity index (χ3v) is 7.30. The van der Waals surface area contributed by atoms with Gasteiger partial charge in [-0.2, -0.15) is 0 Å². The van der Waals surface area contributed by atoms with E-state index in [0.717, 1.165) is 15.4 Å². The fraction of sp³-hybridized carbons (Fsp3) is 0.0385. The molecule has 0 heterocycles. The molecule has 0 fully saturated rings. The monoisotopic (exact) mass is 474 g/mol. The summed E-state index contributed by atoms with van der Waals surface area (Å²) >= 11 is 1.55. The Morgan fingerprint density at radius 2 is 1.48 bits per heavy atom. The second-order valence-corrected chi connectivity index (χ2v) is 10.2. The Labute approximate surface area is 197 Å². The highest BCUT2D eigenvalue weighted by molar-refractivity contribution is 7.99. The highest BCUT2D eigenvalue weighted by Gasteiger charge is 2.16. The molecule has 0 unspecified atom stereocenters. The van der Waals surface area contributed by atoms with Gasteiger partial charge in [0, 0.05) is 21.0 Å². The van der Waals surface area contributed by atoms with E-state index in [2.05, 4.69) is 10.0 Å². The molecule has 1 amide bonds. The molecule has 4 aromatic rings. The van der Waals surface area contributed by atoms with Gasteiger partial charge in [-0.15, -0.1) is 0 Å². The Hall–Kier alpha value is -3.55. The number of anilines is 2. The summed E-state index contributed by atoms with van der Waals surface area (Å²) in [5.74, 6) is -0.326. The molecule has 0 aliphatic rings. The van der Waals surface area contributed by atoms with Gasteiger partial charge in [-0.05, 0) is 61.5 Å². The molecule has 0 atom stereocenters. The lowest BCUT2D eigenvalue weighted by Gasteiger charge is -2.12. The smallest absolute Gasteiger partial charge is 0.261 e. The number of aryl methyl sites for hydroxylation is 1. The van der Waals surface area contributed by atoms with Crippen molar-refractivity contribution < 1.29 is 13.2 Å². The van der Waals surface area contributed by atoms with Crippen LogP contribution >= 0.6 is 11.8 Å². The minimum atomic E-state index is -3.76. The Kier molecular flexibility index (Phi) is 6.82. The van der Waals surface area contributed by atoms with Crippen molar-refractivity contribution in [3.63, 3.8) is 0 Å². The SMILES string of the molecule is Cc1ccc(S(=O)(=O)Nc2cccc(C(=O)Nc3ccccc3Sc3ccccc3)c2)cc1. The molecular weight excluding hydrogens is 452 g/mol. The molecule has 0 aliphatic carbocycles. The molecule has 0 aromatic heterocycles. The van der Waals surface area contributed by atoms with Crippen molar-refractivity contribution in [2.75, 3.05) is 10.0 Å². The molecule has 0 spiro atoms. The minimum Gasteiger partial charge on any atom is -0.321 e. The second-order valence-electron chi connectivity index (χ2n) is 7.36. The zero-order valence-electron chi connectivity index (χ0n) is 17.9. The van der Waals surface area contributed by atoms with Gasteiger partial charge in [0.15, 0.2) is 0 Å². The van der Waals surface area contributed by atoms with Gasteiger partial charge in [-0.1, -0.05) is 65.9 Å². The van der Waals surface area contributed by atoms with Crippen LogP contribution in [0.25, 0.3) is 0 Å². The summed E-state index contributed by atoms with van der Waals surface area (Å²) in [5.41, 5.74) is 2.31. The zero-order chi connectivity index (χ0) is 23.3. The molecule has 0 bridgehead atoms. The molecule has 7 heteroatoms. The van der Waals surface area contributed by atoms with Gasteiger partial charge < -0.3 is 5.32 Å². The van der Waals surface area contributed by atoms with Crippen molar-refractivity contribution in [3.8, 4) is 0 Å². The fourth-order valence-corrected chi connectivity index (χ4v) is 5.10. The van der Waals surface area contributed by atoms with Crippen LogP contribution < -0.4 is 10.0 Å². The van der Waals surface area contributed by atoms with E-state index in [1.165, 1.54) is 6.07 Å². The fourth-order valence-electron chi connectivity index (χ4n) is 3.12. The lowest BCUT2D eigenvalue weighted by Crippen LogP contribution is -2.15. The molecule has 2 N–H and O–H groups in total. The van der Waals surface area contributed by atoms with Gasteiger partial charge in [0.25, 0.3) is 15.9 Å². The lowest BCUT2D eigenvalue weighted by atomic mass is 10.2. The van der Waals surface area contributed by atoms with Crippen molar-refractivity contribution in [1.29, 1.82) is 0 Å². The highest BCUT2D eigenvalue weighted by atomic mass is 32.2. The van der Waals surface area contributed by atoms with Crippen molar-refractivity contribution in [3.05, 3.63) is 114 Å². The van der Waals surface area contributed by atoms with Crippen LogP contribution in [-0.4, -0.2) is 14.3 Å². The summed E-state index contributed by atoms with van der Waals surface area (Å²) in [7, 11) is -3.76. The van der Waals surface area contributed by atoms with E-state index >= 15 is 0 Å². The molecule has 0 saturated heterocycles.